The molecule has 1 N–H and O–H groups in total. The molecule has 1 saturated heterocycles. The van der Waals surface area contributed by atoms with Crippen LogP contribution < -0.4 is 4.72 Å². The number of nitrogens with zero attached hydrogens (tertiary/aromatic N) is 2. The Labute approximate surface area is 241 Å². The molecule has 3 fully saturated rings. The molecule has 9 heteroatoms. The average Bonchev–Trinajstić information content (AvgIpc) is 3.82. The van der Waals surface area contributed by atoms with Gasteiger partial charge in [0.2, 0.25) is 15.9 Å². The van der Waals surface area contributed by atoms with Crippen molar-refractivity contribution in [3.8, 4) is 11.3 Å². The van der Waals surface area contributed by atoms with Gasteiger partial charge in [0.05, 0.1) is 29.7 Å². The van der Waals surface area contributed by atoms with Crippen molar-refractivity contribution in [3.63, 3.8) is 0 Å². The van der Waals surface area contributed by atoms with Crippen molar-refractivity contribution in [2.24, 2.45) is 0 Å². The molecule has 41 heavy (non-hydrogen) atoms. The van der Waals surface area contributed by atoms with Crippen LogP contribution in [0.3, 0.4) is 0 Å². The van der Waals surface area contributed by atoms with Gasteiger partial charge < -0.3 is 14.2 Å². The number of rotatable bonds is 6. The lowest BCUT2D eigenvalue weighted by Gasteiger charge is -2.34. The maximum Gasteiger partial charge on any atom is 0.265 e. The summed E-state index contributed by atoms with van der Waals surface area (Å²) in [5, 5.41) is 0.611. The molecule has 2 aliphatic carbocycles. The first-order valence-electron chi connectivity index (χ1n) is 15.1. The Morgan fingerprint density at radius 3 is 2.32 bits per heavy atom. The van der Waals surface area contributed by atoms with Crippen LogP contribution in [0.15, 0.2) is 42.5 Å². The predicted octanol–water partition coefficient (Wildman–Crippen LogP) is 4.92. The highest BCUT2D eigenvalue weighted by Gasteiger charge is 2.40. The molecule has 3 aromatic rings. The highest BCUT2D eigenvalue weighted by Crippen LogP contribution is 2.49. The van der Waals surface area contributed by atoms with Crippen LogP contribution in [-0.2, 0) is 26.0 Å². The zero-order valence-electron chi connectivity index (χ0n) is 23.3. The van der Waals surface area contributed by atoms with Gasteiger partial charge in [-0.1, -0.05) is 55.7 Å². The first-order valence-corrected chi connectivity index (χ1v) is 16.7. The molecular weight excluding hydrogens is 538 g/mol. The molecule has 1 aromatic heterocycles. The van der Waals surface area contributed by atoms with Crippen LogP contribution in [-0.4, -0.2) is 61.3 Å². The molecule has 0 radical (unpaired) electrons. The summed E-state index contributed by atoms with van der Waals surface area (Å²) in [6.07, 6.45) is 8.04. The van der Waals surface area contributed by atoms with Crippen molar-refractivity contribution in [1.82, 2.24) is 14.2 Å². The molecule has 1 unspecified atom stereocenters. The first-order chi connectivity index (χ1) is 19.9. The molecule has 1 atom stereocenters. The van der Waals surface area contributed by atoms with Gasteiger partial charge in [0, 0.05) is 24.0 Å². The number of benzene rings is 2. The minimum Gasteiger partial charge on any atom is -0.378 e. The molecule has 2 saturated carbocycles. The van der Waals surface area contributed by atoms with Gasteiger partial charge in [-0.3, -0.25) is 9.59 Å². The quantitative estimate of drug-likeness (QED) is 0.450. The summed E-state index contributed by atoms with van der Waals surface area (Å²) in [7, 11) is -3.69. The van der Waals surface area contributed by atoms with E-state index < -0.39 is 27.2 Å². The third kappa shape index (κ3) is 4.77. The topological polar surface area (TPSA) is 97.7 Å². The largest absolute Gasteiger partial charge is 0.378 e. The van der Waals surface area contributed by atoms with E-state index >= 15 is 0 Å². The van der Waals surface area contributed by atoms with Crippen molar-refractivity contribution in [1.29, 1.82) is 0 Å². The number of amides is 2. The summed E-state index contributed by atoms with van der Waals surface area (Å²) < 4.78 is 35.5. The molecule has 8 nitrogen and oxygen atoms in total. The van der Waals surface area contributed by atoms with Crippen LogP contribution in [0.2, 0.25) is 0 Å². The maximum atomic E-state index is 14.2. The Balaban J connectivity index is 1.45. The van der Waals surface area contributed by atoms with Crippen LogP contribution >= 0.6 is 0 Å². The molecule has 2 aliphatic heterocycles. The maximum absolute atomic E-state index is 14.2. The SMILES string of the molecule is O=C(NS(=O)(=O)C1CC1)c1ccc2c(C3CCCCC3)c(-c3ccccc3)n3c2c1CCC3C(=O)N1CCOCC1. The van der Waals surface area contributed by atoms with E-state index in [1.165, 1.54) is 24.8 Å². The van der Waals surface area contributed by atoms with E-state index in [1.54, 1.807) is 0 Å². The summed E-state index contributed by atoms with van der Waals surface area (Å²) in [5.74, 6) is -0.114. The van der Waals surface area contributed by atoms with Gasteiger partial charge in [-0.15, -0.1) is 0 Å². The van der Waals surface area contributed by atoms with Gasteiger partial charge in [-0.05, 0) is 67.2 Å². The Morgan fingerprint density at radius 2 is 1.61 bits per heavy atom. The monoisotopic (exact) mass is 575 g/mol. The zero-order chi connectivity index (χ0) is 28.1. The summed E-state index contributed by atoms with van der Waals surface area (Å²) in [4.78, 5) is 29.6. The lowest BCUT2D eigenvalue weighted by Crippen LogP contribution is -2.45. The van der Waals surface area contributed by atoms with Gasteiger partial charge in [0.15, 0.2) is 0 Å². The number of aryl methyl sites for hydroxylation is 1. The van der Waals surface area contributed by atoms with Gasteiger partial charge in [0.1, 0.15) is 6.04 Å². The first kappa shape index (κ1) is 26.7. The number of ether oxygens (including phenoxy) is 1. The van der Waals surface area contributed by atoms with Crippen molar-refractivity contribution >= 4 is 32.7 Å². The second-order valence-electron chi connectivity index (χ2n) is 12.0. The molecular formula is C32H37N3O5S. The molecule has 7 rings (SSSR count). The third-order valence-corrected chi connectivity index (χ3v) is 11.2. The highest BCUT2D eigenvalue weighted by atomic mass is 32.2. The summed E-state index contributed by atoms with van der Waals surface area (Å²) >= 11 is 0. The minimum absolute atomic E-state index is 0.0920. The predicted molar refractivity (Wildman–Crippen MR) is 157 cm³/mol. The van der Waals surface area contributed by atoms with Crippen LogP contribution in [0.1, 0.15) is 84.8 Å². The van der Waals surface area contributed by atoms with Gasteiger partial charge in [-0.2, -0.15) is 0 Å². The van der Waals surface area contributed by atoms with Crippen molar-refractivity contribution in [2.45, 2.75) is 75.0 Å². The van der Waals surface area contributed by atoms with E-state index in [0.717, 1.165) is 40.6 Å². The van der Waals surface area contributed by atoms with E-state index in [1.807, 2.05) is 35.2 Å². The summed E-state index contributed by atoms with van der Waals surface area (Å²) in [6.45, 7) is 2.22. The standard InChI is InChI=1S/C32H37N3O5S/c36-31(33-41(38,39)23-11-12-23)25-13-14-26-28(21-7-3-1-4-8-21)29(22-9-5-2-6-10-22)35-27(16-15-24(25)30(26)35)32(37)34-17-19-40-20-18-34/h2,5-6,9-10,13-14,21,23,27H,1,3-4,7-8,11-12,15-20H2,(H,33,36). The highest BCUT2D eigenvalue weighted by molar-refractivity contribution is 7.91. The lowest BCUT2D eigenvalue weighted by molar-refractivity contribution is -0.139. The van der Waals surface area contributed by atoms with Crippen LogP contribution in [0.25, 0.3) is 22.2 Å². The molecule has 2 amide bonds. The average molecular weight is 576 g/mol. The number of carbonyl (C=O) groups is 2. The number of nitrogens with one attached hydrogen (secondary N) is 1. The van der Waals surface area contributed by atoms with Crippen LogP contribution in [0.5, 0.6) is 0 Å². The molecule has 0 spiro atoms. The lowest BCUT2D eigenvalue weighted by atomic mass is 9.81. The number of sulfonamides is 1. The second kappa shape index (κ2) is 10.6. The van der Waals surface area contributed by atoms with Gasteiger partial charge in [0.25, 0.3) is 5.91 Å². The fourth-order valence-corrected chi connectivity index (χ4v) is 8.55. The van der Waals surface area contributed by atoms with E-state index in [2.05, 4.69) is 21.4 Å². The molecule has 2 aromatic carbocycles. The van der Waals surface area contributed by atoms with Gasteiger partial charge >= 0.3 is 0 Å². The number of hydrogen-bond donors (Lipinski definition) is 1. The zero-order valence-corrected chi connectivity index (χ0v) is 24.1. The van der Waals surface area contributed by atoms with E-state index in [-0.39, 0.29) is 5.91 Å². The number of carbonyl (C=O) groups excluding carboxylic acids is 2. The van der Waals surface area contributed by atoms with Crippen molar-refractivity contribution < 1.29 is 22.7 Å². The Bertz CT molecular complexity index is 1600. The number of morpholine rings is 1. The fraction of sp³-hybridized carbons (Fsp3) is 0.500. The summed E-state index contributed by atoms with van der Waals surface area (Å²) in [5.41, 5.74) is 5.57. The van der Waals surface area contributed by atoms with Crippen molar-refractivity contribution in [3.05, 3.63) is 59.2 Å². The third-order valence-electron chi connectivity index (χ3n) is 9.40. The fourth-order valence-electron chi connectivity index (χ4n) is 7.25. The second-order valence-corrected chi connectivity index (χ2v) is 13.9. The van der Waals surface area contributed by atoms with E-state index in [4.69, 9.17) is 4.74 Å². The van der Waals surface area contributed by atoms with Crippen LogP contribution in [0, 0.1) is 0 Å². The summed E-state index contributed by atoms with van der Waals surface area (Å²) in [6, 6.07) is 13.7. The van der Waals surface area contributed by atoms with E-state index in [9.17, 15) is 18.0 Å². The van der Waals surface area contributed by atoms with Crippen LogP contribution in [0.4, 0.5) is 0 Å². The minimum atomic E-state index is -3.69. The van der Waals surface area contributed by atoms with Crippen molar-refractivity contribution in [2.75, 3.05) is 26.3 Å². The normalized spacial score (nSPS) is 21.7. The van der Waals surface area contributed by atoms with Gasteiger partial charge in [-0.25, -0.2) is 13.1 Å². The smallest absolute Gasteiger partial charge is 0.265 e. The van der Waals surface area contributed by atoms with E-state index in [0.29, 0.717) is 63.5 Å². The molecule has 4 aliphatic rings. The Hall–Kier alpha value is -3.17. The molecule has 3 heterocycles. The Kier molecular flexibility index (Phi) is 6.90. The Morgan fingerprint density at radius 1 is 0.878 bits per heavy atom. The molecule has 0 bridgehead atoms. The number of hydrogen-bond acceptors (Lipinski definition) is 5. The number of aromatic nitrogens is 1. The molecule has 216 valence electrons.